The quantitative estimate of drug-likeness (QED) is 0.259. The van der Waals surface area contributed by atoms with Crippen LogP contribution in [0.3, 0.4) is 0 Å². The molecule has 2 aromatic rings. The van der Waals surface area contributed by atoms with Gasteiger partial charge in [0.2, 0.25) is 0 Å². The Kier molecular flexibility index (Phi) is 6.21. The molecule has 11 nitrogen and oxygen atoms in total. The van der Waals surface area contributed by atoms with E-state index in [1.54, 1.807) is 0 Å². The maximum atomic E-state index is 12.1. The number of nitrogens with zero attached hydrogens (tertiary/aromatic N) is 3. The van der Waals surface area contributed by atoms with Gasteiger partial charge in [0.1, 0.15) is 0 Å². The highest BCUT2D eigenvalue weighted by Crippen LogP contribution is 2.28. The molecule has 0 radical (unpaired) electrons. The molecule has 0 aliphatic carbocycles. The van der Waals surface area contributed by atoms with Crippen LogP contribution in [0.15, 0.2) is 46.4 Å². The summed E-state index contributed by atoms with van der Waals surface area (Å²) in [4.78, 5) is 1.50. The van der Waals surface area contributed by atoms with Crippen molar-refractivity contribution >= 4 is 50.2 Å². The number of hydrogen-bond acceptors (Lipinski definition) is 10. The summed E-state index contributed by atoms with van der Waals surface area (Å²) in [5.41, 5.74) is -0.836. The molecule has 2 aromatic carbocycles. The fourth-order valence-electron chi connectivity index (χ4n) is 1.83. The van der Waals surface area contributed by atoms with Gasteiger partial charge in [0.25, 0.3) is 10.0 Å². The van der Waals surface area contributed by atoms with Crippen LogP contribution < -0.4 is 20.4 Å². The van der Waals surface area contributed by atoms with E-state index < -0.39 is 26.7 Å². The number of sulfonamides is 1. The maximum absolute atomic E-state index is 12.1. The van der Waals surface area contributed by atoms with Crippen LogP contribution in [0, 0.1) is 8.78 Å². The van der Waals surface area contributed by atoms with Crippen molar-refractivity contribution in [1.82, 2.24) is 4.83 Å². The van der Waals surface area contributed by atoms with Crippen molar-refractivity contribution in [3.8, 4) is 5.75 Å². The summed E-state index contributed by atoms with van der Waals surface area (Å²) in [5.74, 6) is -0.789. The lowest BCUT2D eigenvalue weighted by atomic mass is 10.2. The predicted molar refractivity (Wildman–Crippen MR) is 96.6 cm³/mol. The number of hydrogen-bond donors (Lipinski definition) is 4. The van der Waals surface area contributed by atoms with Crippen molar-refractivity contribution in [3.63, 3.8) is 0 Å². The smallest absolute Gasteiger partial charge is 0.276 e. The van der Waals surface area contributed by atoms with Crippen molar-refractivity contribution < 1.29 is 29.1 Å². The van der Waals surface area contributed by atoms with E-state index in [0.717, 1.165) is 12.3 Å². The molecule has 0 saturated heterocycles. The van der Waals surface area contributed by atoms with E-state index in [2.05, 4.69) is 5.10 Å². The molecule has 0 aliphatic rings. The van der Waals surface area contributed by atoms with Crippen LogP contribution in [0.5, 0.6) is 5.75 Å². The lowest BCUT2D eigenvalue weighted by Gasteiger charge is -2.21. The van der Waals surface area contributed by atoms with Crippen LogP contribution >= 0.6 is 22.6 Å². The molecule has 0 heterocycles. The predicted octanol–water partition coefficient (Wildman–Crippen LogP) is 0.955. The first-order valence-electron chi connectivity index (χ1n) is 6.61. The molecular formula is C13H11IN4O7S-2. The first-order valence-corrected chi connectivity index (χ1v) is 9.17. The number of rotatable bonds is 6. The first-order chi connectivity index (χ1) is 12.1. The molecule has 0 unspecified atom stereocenters. The zero-order valence-corrected chi connectivity index (χ0v) is 15.6. The van der Waals surface area contributed by atoms with Crippen LogP contribution in [0.1, 0.15) is 5.56 Å². The Morgan fingerprint density at radius 2 is 1.88 bits per heavy atom. The van der Waals surface area contributed by atoms with Gasteiger partial charge in [-0.2, -0.15) is 13.5 Å². The summed E-state index contributed by atoms with van der Waals surface area (Å²) in [6, 6.07) is 7.09. The van der Waals surface area contributed by atoms with Crippen molar-refractivity contribution in [2.45, 2.75) is 4.90 Å². The van der Waals surface area contributed by atoms with E-state index in [4.69, 9.17) is 15.6 Å². The normalized spacial score (nSPS) is 11.6. The van der Waals surface area contributed by atoms with E-state index >= 15 is 0 Å². The van der Waals surface area contributed by atoms with Gasteiger partial charge >= 0.3 is 0 Å². The number of hydrazone groups is 1. The van der Waals surface area contributed by atoms with Crippen LogP contribution in [0.2, 0.25) is 0 Å². The number of benzene rings is 2. The van der Waals surface area contributed by atoms with Crippen molar-refractivity contribution in [2.75, 3.05) is 10.5 Å². The molecule has 0 aliphatic heterocycles. The molecule has 0 amide bonds. The number of nitrogens with one attached hydrogen (secondary N) is 1. The van der Waals surface area contributed by atoms with Gasteiger partial charge in [-0.3, -0.25) is 15.6 Å². The molecule has 0 aromatic heterocycles. The third kappa shape index (κ3) is 4.71. The second-order valence-electron chi connectivity index (χ2n) is 4.76. The van der Waals surface area contributed by atoms with Crippen LogP contribution in [-0.2, 0) is 10.0 Å². The van der Waals surface area contributed by atoms with Gasteiger partial charge in [0.05, 0.1) is 22.5 Å². The Hall–Kier alpha value is -2.17. The monoisotopic (exact) mass is 494 g/mol. The molecule has 140 valence electrons. The van der Waals surface area contributed by atoms with Gasteiger partial charge in [0.15, 0.2) is 0 Å². The summed E-state index contributed by atoms with van der Waals surface area (Å²) >= 11 is 1.82. The zero-order valence-electron chi connectivity index (χ0n) is 12.6. The first kappa shape index (κ1) is 20.1. The van der Waals surface area contributed by atoms with E-state index in [1.807, 2.05) is 27.4 Å². The Morgan fingerprint density at radius 3 is 2.50 bits per heavy atom. The second-order valence-corrected chi connectivity index (χ2v) is 7.66. The van der Waals surface area contributed by atoms with Gasteiger partial charge in [-0.15, -0.1) is 5.23 Å². The highest BCUT2D eigenvalue weighted by molar-refractivity contribution is 14.1. The lowest BCUT2D eigenvalue weighted by Crippen LogP contribution is -2.19. The average molecular weight is 494 g/mol. The van der Waals surface area contributed by atoms with Crippen LogP contribution in [0.25, 0.3) is 0 Å². The molecule has 26 heavy (non-hydrogen) atoms. The zero-order chi connectivity index (χ0) is 19.5. The van der Waals surface area contributed by atoms with E-state index in [-0.39, 0.29) is 21.4 Å². The largest absolute Gasteiger partial charge is 0.870 e. The molecule has 0 bridgehead atoms. The molecule has 0 spiro atoms. The minimum absolute atomic E-state index is 0.0995. The van der Waals surface area contributed by atoms with Crippen LogP contribution in [-0.4, -0.2) is 30.3 Å². The van der Waals surface area contributed by atoms with E-state index in [0.29, 0.717) is 3.57 Å². The van der Waals surface area contributed by atoms with Gasteiger partial charge < -0.3 is 15.5 Å². The second kappa shape index (κ2) is 8.02. The maximum Gasteiger partial charge on any atom is 0.276 e. The molecule has 13 heteroatoms. The van der Waals surface area contributed by atoms with Crippen molar-refractivity contribution in [3.05, 3.63) is 50.7 Å². The van der Waals surface area contributed by atoms with Gasteiger partial charge in [-0.25, -0.2) is 4.83 Å². The lowest BCUT2D eigenvalue weighted by molar-refractivity contribution is -0.268. The molecule has 0 saturated carbocycles. The van der Waals surface area contributed by atoms with Crippen molar-refractivity contribution in [2.24, 2.45) is 5.10 Å². The molecule has 0 fully saturated rings. The Labute approximate surface area is 161 Å². The topological polar surface area (TPSA) is 172 Å². The molecule has 2 rings (SSSR count). The standard InChI is InChI=1S/C13H12IN4O7S/c14-9-4-8(13(19)12(5-9)18(22)23)7-15-16-26(24,25)11-3-1-2-10(6-11)17(20)21/h1-7,16,19-20,22-23H/q-1/p-1/b15-7+. The minimum atomic E-state index is -4.17. The minimum Gasteiger partial charge on any atom is -0.870 e. The molecular weight excluding hydrogens is 483 g/mol. The van der Waals surface area contributed by atoms with Crippen LogP contribution in [0.4, 0.5) is 11.4 Å². The SMILES string of the molecule is O=S(=O)(N/N=C/c1cc(I)cc(N(O)O)c1[O-])c1cccc(N([O-])O)c1. The molecule has 0 atom stereocenters. The highest BCUT2D eigenvalue weighted by atomic mass is 127. The van der Waals surface area contributed by atoms with Gasteiger partial charge in [-0.1, -0.05) is 11.8 Å². The Morgan fingerprint density at radius 1 is 1.19 bits per heavy atom. The third-order valence-corrected chi connectivity index (χ3v) is 4.85. The summed E-state index contributed by atoms with van der Waals surface area (Å²) in [7, 11) is -4.17. The fourth-order valence-corrected chi connectivity index (χ4v) is 3.29. The van der Waals surface area contributed by atoms with E-state index in [1.165, 1.54) is 30.3 Å². The van der Waals surface area contributed by atoms with Crippen molar-refractivity contribution in [1.29, 1.82) is 0 Å². The summed E-state index contributed by atoms with van der Waals surface area (Å²) in [6.45, 7) is 0. The highest BCUT2D eigenvalue weighted by Gasteiger charge is 2.13. The Bertz CT molecular complexity index is 934. The number of halogens is 1. The number of anilines is 2. The average Bonchev–Trinajstić information content (AvgIpc) is 2.57. The summed E-state index contributed by atoms with van der Waals surface area (Å²) in [6.07, 6.45) is 0.894. The van der Waals surface area contributed by atoms with Gasteiger partial charge in [-0.05, 0) is 58.5 Å². The van der Waals surface area contributed by atoms with Gasteiger partial charge in [0, 0.05) is 3.57 Å². The van der Waals surface area contributed by atoms with E-state index in [9.17, 15) is 18.7 Å². The summed E-state index contributed by atoms with van der Waals surface area (Å²) in [5, 5.41) is 52.3. The molecule has 4 N–H and O–H groups in total. The summed E-state index contributed by atoms with van der Waals surface area (Å²) < 4.78 is 24.7. The third-order valence-electron chi connectivity index (χ3n) is 3.00. The fraction of sp³-hybridized carbons (Fsp3) is 0. The Balaban J connectivity index is 2.26.